The first-order chi connectivity index (χ1) is 31.5. The largest absolute Gasteiger partial charge is 0.396 e. The molecule has 4 heterocycles. The van der Waals surface area contributed by atoms with Crippen molar-refractivity contribution in [3.05, 3.63) is 11.6 Å². The number of hydrogen-bond donors (Lipinski definition) is 12. The van der Waals surface area contributed by atoms with Crippen molar-refractivity contribution >= 4 is 0 Å². The lowest BCUT2D eigenvalue weighted by Crippen LogP contribution is -2.63. The first-order valence-electron chi connectivity index (χ1n) is 24.8. The van der Waals surface area contributed by atoms with Crippen molar-refractivity contribution in [2.45, 2.75) is 216 Å². The molecule has 2 spiro atoms. The van der Waals surface area contributed by atoms with Crippen molar-refractivity contribution in [2.75, 3.05) is 19.8 Å². The molecule has 19 nitrogen and oxygen atoms in total. The van der Waals surface area contributed by atoms with Crippen LogP contribution in [0, 0.1) is 50.7 Å². The standard InChI is InChI=1S/C48H78O19/c1-20(2)15-23-31(52)29(40(63-23)67-43-39(60)35(56)32(53)24(16-49)64-43)22-9-11-46(6)27-8-7-26-44(4,19-50)28(10-12-47(26)18-48(27,47)14-13-45(22,46)5)66-42-38(59)36(57)33(54)25(65-42)17-61-41-37(58)34(55)30(51)21(3)62-41/h15,21-43,49-60H,7-14,16-19H2,1-6H3. The lowest BCUT2D eigenvalue weighted by Gasteiger charge is -2.64. The van der Waals surface area contributed by atoms with Crippen molar-refractivity contribution in [3.8, 4) is 0 Å². The Bertz CT molecular complexity index is 1800. The van der Waals surface area contributed by atoms with E-state index in [9.17, 15) is 61.3 Å². The summed E-state index contributed by atoms with van der Waals surface area (Å²) in [5.41, 5.74) is -0.258. The van der Waals surface area contributed by atoms with E-state index in [1.165, 1.54) is 6.92 Å². The summed E-state index contributed by atoms with van der Waals surface area (Å²) in [6.45, 7) is 11.0. The Balaban J connectivity index is 0.911. The molecule has 9 aliphatic rings. The number of aliphatic hydroxyl groups is 12. The second kappa shape index (κ2) is 18.2. The molecule has 9 rings (SSSR count). The van der Waals surface area contributed by atoms with Crippen LogP contribution in [0.5, 0.6) is 0 Å². The van der Waals surface area contributed by atoms with Gasteiger partial charge in [-0.2, -0.15) is 0 Å². The predicted octanol–water partition coefficient (Wildman–Crippen LogP) is -1.08. The van der Waals surface area contributed by atoms with E-state index in [4.69, 9.17) is 33.2 Å². The highest BCUT2D eigenvalue weighted by Gasteiger charge is 2.83. The quantitative estimate of drug-likeness (QED) is 0.0866. The van der Waals surface area contributed by atoms with Gasteiger partial charge >= 0.3 is 0 Å². The molecule has 12 N–H and O–H groups in total. The van der Waals surface area contributed by atoms with Crippen LogP contribution in [-0.2, 0) is 33.2 Å². The Morgan fingerprint density at radius 1 is 0.567 bits per heavy atom. The van der Waals surface area contributed by atoms with Crippen LogP contribution in [-0.4, -0.2) is 198 Å². The monoisotopic (exact) mass is 959 g/mol. The van der Waals surface area contributed by atoms with E-state index in [-0.39, 0.29) is 40.1 Å². The molecule has 9 fully saturated rings. The molecule has 0 bridgehead atoms. The fraction of sp³-hybridized carbons (Fsp3) is 0.958. The van der Waals surface area contributed by atoms with Gasteiger partial charge in [0.2, 0.25) is 0 Å². The maximum absolute atomic E-state index is 12.1. The number of rotatable bonds is 11. The fourth-order valence-electron chi connectivity index (χ4n) is 16.0. The van der Waals surface area contributed by atoms with Crippen LogP contribution in [0.4, 0.5) is 0 Å². The molecule has 0 aromatic heterocycles. The lowest BCUT2D eigenvalue weighted by molar-refractivity contribution is -0.343. The number of aliphatic hydroxyl groups excluding tert-OH is 12. The minimum atomic E-state index is -1.68. The molecule has 4 saturated heterocycles. The Kier molecular flexibility index (Phi) is 13.8. The number of fused-ring (bicyclic) bond motifs is 2. The van der Waals surface area contributed by atoms with Crippen LogP contribution in [0.15, 0.2) is 11.6 Å². The van der Waals surface area contributed by atoms with Gasteiger partial charge in [0.25, 0.3) is 0 Å². The minimum Gasteiger partial charge on any atom is -0.396 e. The van der Waals surface area contributed by atoms with Gasteiger partial charge in [0.15, 0.2) is 25.2 Å². The zero-order valence-electron chi connectivity index (χ0n) is 39.6. The summed E-state index contributed by atoms with van der Waals surface area (Å²) in [6, 6.07) is 0. The van der Waals surface area contributed by atoms with E-state index in [2.05, 4.69) is 13.8 Å². The number of ether oxygens (including phenoxy) is 7. The molecule has 19 heteroatoms. The molecule has 28 atom stereocenters. The molecule has 67 heavy (non-hydrogen) atoms. The van der Waals surface area contributed by atoms with Gasteiger partial charge in [0.05, 0.1) is 38.1 Å². The van der Waals surface area contributed by atoms with E-state index in [1.54, 1.807) is 0 Å². The normalized spacial score (nSPS) is 58.3. The van der Waals surface area contributed by atoms with Crippen molar-refractivity contribution in [3.63, 3.8) is 0 Å². The van der Waals surface area contributed by atoms with Gasteiger partial charge in [-0.1, -0.05) is 32.4 Å². The summed E-state index contributed by atoms with van der Waals surface area (Å²) in [5, 5.41) is 129. The van der Waals surface area contributed by atoms with Crippen LogP contribution in [0.2, 0.25) is 0 Å². The van der Waals surface area contributed by atoms with Crippen molar-refractivity contribution < 1.29 is 94.4 Å². The highest BCUT2D eigenvalue weighted by atomic mass is 16.8. The molecule has 5 saturated carbocycles. The molecular formula is C48H78O19. The molecule has 28 unspecified atom stereocenters. The maximum Gasteiger partial charge on any atom is 0.189 e. The second-order valence-corrected chi connectivity index (χ2v) is 23.1. The van der Waals surface area contributed by atoms with Crippen molar-refractivity contribution in [1.82, 2.24) is 0 Å². The summed E-state index contributed by atoms with van der Waals surface area (Å²) in [4.78, 5) is 0. The topological polar surface area (TPSA) is 307 Å². The molecule has 5 aliphatic carbocycles. The molecule has 0 aromatic rings. The van der Waals surface area contributed by atoms with Gasteiger partial charge < -0.3 is 94.4 Å². The van der Waals surface area contributed by atoms with E-state index >= 15 is 0 Å². The maximum atomic E-state index is 12.1. The van der Waals surface area contributed by atoms with Gasteiger partial charge in [-0.05, 0) is 118 Å². The highest BCUT2D eigenvalue weighted by molar-refractivity contribution is 5.31. The first kappa shape index (κ1) is 50.9. The van der Waals surface area contributed by atoms with Crippen LogP contribution in [0.3, 0.4) is 0 Å². The van der Waals surface area contributed by atoms with Gasteiger partial charge in [-0.15, -0.1) is 0 Å². The van der Waals surface area contributed by atoms with Crippen LogP contribution in [0.25, 0.3) is 0 Å². The third kappa shape index (κ3) is 7.70. The Morgan fingerprint density at radius 3 is 1.82 bits per heavy atom. The zero-order chi connectivity index (χ0) is 48.5. The van der Waals surface area contributed by atoms with E-state index in [0.29, 0.717) is 12.3 Å². The molecular weight excluding hydrogens is 881 g/mol. The Morgan fingerprint density at radius 2 is 1.16 bits per heavy atom. The summed E-state index contributed by atoms with van der Waals surface area (Å²) in [7, 11) is 0. The summed E-state index contributed by atoms with van der Waals surface area (Å²) in [5.74, 6) is -0.161. The summed E-state index contributed by atoms with van der Waals surface area (Å²) < 4.78 is 42.5. The third-order valence-electron chi connectivity index (χ3n) is 19.9. The summed E-state index contributed by atoms with van der Waals surface area (Å²) in [6.07, 6.45) is -15.3. The van der Waals surface area contributed by atoms with E-state index < -0.39 is 141 Å². The van der Waals surface area contributed by atoms with Crippen LogP contribution in [0.1, 0.15) is 99.3 Å². The molecule has 0 aromatic carbocycles. The molecule has 0 amide bonds. The molecule has 0 radical (unpaired) electrons. The van der Waals surface area contributed by atoms with Gasteiger partial charge in [0.1, 0.15) is 73.2 Å². The number of allylic oxidation sites excluding steroid dienone is 1. The first-order valence-corrected chi connectivity index (χ1v) is 24.8. The SMILES string of the molecule is CC(C)=CC1OC(OC2OC(CO)C(O)C(O)C2O)C(C2CCC3(C)C4CCC5C(C)(CO)C(OC6OC(COC7OC(C)C(O)C(O)C7O)C(O)C(O)C6O)CCC56CC46CCC23C)C1O. The lowest BCUT2D eigenvalue weighted by atomic mass is 9.41. The van der Waals surface area contributed by atoms with Gasteiger partial charge in [0, 0.05) is 11.3 Å². The summed E-state index contributed by atoms with van der Waals surface area (Å²) >= 11 is 0. The smallest absolute Gasteiger partial charge is 0.189 e. The average molecular weight is 959 g/mol. The zero-order valence-corrected chi connectivity index (χ0v) is 39.6. The Hall–Kier alpha value is -1.02. The van der Waals surface area contributed by atoms with Crippen LogP contribution >= 0.6 is 0 Å². The van der Waals surface area contributed by atoms with Gasteiger partial charge in [-0.3, -0.25) is 0 Å². The molecule has 384 valence electrons. The van der Waals surface area contributed by atoms with Crippen LogP contribution < -0.4 is 0 Å². The predicted molar refractivity (Wildman–Crippen MR) is 231 cm³/mol. The average Bonchev–Trinajstić information content (AvgIpc) is 3.77. The molecule has 4 aliphatic heterocycles. The highest BCUT2D eigenvalue weighted by Crippen LogP contribution is 2.89. The number of hydrogen-bond acceptors (Lipinski definition) is 19. The van der Waals surface area contributed by atoms with E-state index in [0.717, 1.165) is 56.9 Å². The Labute approximate surface area is 391 Å². The minimum absolute atomic E-state index is 0.0124. The fourth-order valence-corrected chi connectivity index (χ4v) is 16.0. The second-order valence-electron chi connectivity index (χ2n) is 23.1. The third-order valence-corrected chi connectivity index (χ3v) is 19.9. The van der Waals surface area contributed by atoms with Crippen molar-refractivity contribution in [1.29, 1.82) is 0 Å². The van der Waals surface area contributed by atoms with Crippen molar-refractivity contribution in [2.24, 2.45) is 50.7 Å². The van der Waals surface area contributed by atoms with Gasteiger partial charge in [-0.25, -0.2) is 0 Å². The van der Waals surface area contributed by atoms with E-state index in [1.807, 2.05) is 26.8 Å².